The summed E-state index contributed by atoms with van der Waals surface area (Å²) < 4.78 is 7.62. The lowest BCUT2D eigenvalue weighted by Gasteiger charge is -2.10. The Balaban J connectivity index is 1.81. The van der Waals surface area contributed by atoms with Gasteiger partial charge in [0.05, 0.1) is 0 Å². The molecule has 0 saturated carbocycles. The van der Waals surface area contributed by atoms with Crippen molar-refractivity contribution in [1.29, 1.82) is 0 Å². The molecule has 4 heteroatoms. The van der Waals surface area contributed by atoms with Gasteiger partial charge in [0.2, 0.25) is 5.78 Å². The van der Waals surface area contributed by atoms with E-state index in [0.29, 0.717) is 12.2 Å². The van der Waals surface area contributed by atoms with Crippen LogP contribution in [0.25, 0.3) is 0 Å². The number of ketones is 1. The summed E-state index contributed by atoms with van der Waals surface area (Å²) in [7, 11) is 0. The van der Waals surface area contributed by atoms with Crippen LogP contribution in [-0.4, -0.2) is 21.4 Å². The van der Waals surface area contributed by atoms with E-state index >= 15 is 0 Å². The number of imidazole rings is 1. The SMILES string of the molecule is CCCn1ccnc1C(=O)C1Cc2ccccc2O1. The average Bonchev–Trinajstić information content (AvgIpc) is 3.04. The molecular weight excluding hydrogens is 240 g/mol. The van der Waals surface area contributed by atoms with Crippen molar-refractivity contribution in [2.24, 2.45) is 0 Å². The third-order valence-electron chi connectivity index (χ3n) is 3.34. The van der Waals surface area contributed by atoms with Gasteiger partial charge in [0.15, 0.2) is 11.9 Å². The highest BCUT2D eigenvalue weighted by atomic mass is 16.5. The van der Waals surface area contributed by atoms with Gasteiger partial charge in [-0.05, 0) is 18.1 Å². The number of benzene rings is 1. The van der Waals surface area contributed by atoms with Crippen molar-refractivity contribution < 1.29 is 9.53 Å². The van der Waals surface area contributed by atoms with Crippen molar-refractivity contribution in [3.8, 4) is 5.75 Å². The first-order valence-corrected chi connectivity index (χ1v) is 6.59. The number of ether oxygens (including phenoxy) is 1. The number of Topliss-reactive ketones (excluding diaryl/α,β-unsaturated/α-hetero) is 1. The average molecular weight is 256 g/mol. The fourth-order valence-electron chi connectivity index (χ4n) is 2.43. The van der Waals surface area contributed by atoms with Gasteiger partial charge in [0.25, 0.3) is 0 Å². The van der Waals surface area contributed by atoms with Gasteiger partial charge in [0, 0.05) is 25.4 Å². The van der Waals surface area contributed by atoms with E-state index in [1.165, 1.54) is 0 Å². The van der Waals surface area contributed by atoms with Crippen molar-refractivity contribution in [2.45, 2.75) is 32.4 Å². The Morgan fingerprint density at radius 1 is 1.47 bits per heavy atom. The van der Waals surface area contributed by atoms with Gasteiger partial charge in [0.1, 0.15) is 5.75 Å². The lowest BCUT2D eigenvalue weighted by Crippen LogP contribution is -2.28. The van der Waals surface area contributed by atoms with E-state index in [0.717, 1.165) is 24.3 Å². The number of aryl methyl sites for hydroxylation is 1. The van der Waals surface area contributed by atoms with E-state index in [4.69, 9.17) is 4.74 Å². The summed E-state index contributed by atoms with van der Waals surface area (Å²) in [6.45, 7) is 2.89. The lowest BCUT2D eigenvalue weighted by molar-refractivity contribution is 0.0809. The molecule has 1 aromatic heterocycles. The van der Waals surface area contributed by atoms with Crippen LogP contribution < -0.4 is 4.74 Å². The summed E-state index contributed by atoms with van der Waals surface area (Å²) in [6.07, 6.45) is 4.69. The standard InChI is InChI=1S/C15H16N2O2/c1-2-8-17-9-7-16-15(17)14(18)13-10-11-5-3-4-6-12(11)19-13/h3-7,9,13H,2,8,10H2,1H3. The van der Waals surface area contributed by atoms with Crippen LogP contribution in [0.15, 0.2) is 36.7 Å². The molecule has 1 aliphatic heterocycles. The molecule has 0 amide bonds. The smallest absolute Gasteiger partial charge is 0.238 e. The Labute approximate surface area is 112 Å². The van der Waals surface area contributed by atoms with E-state index in [-0.39, 0.29) is 5.78 Å². The molecule has 0 aliphatic carbocycles. The minimum absolute atomic E-state index is 0.0327. The summed E-state index contributed by atoms with van der Waals surface area (Å²) in [6, 6.07) is 7.79. The largest absolute Gasteiger partial charge is 0.481 e. The second kappa shape index (κ2) is 4.88. The molecule has 0 N–H and O–H groups in total. The number of hydrogen-bond acceptors (Lipinski definition) is 3. The Kier molecular flexibility index (Phi) is 3.07. The highest BCUT2D eigenvalue weighted by Gasteiger charge is 2.31. The van der Waals surface area contributed by atoms with Crippen molar-refractivity contribution in [3.05, 3.63) is 48.0 Å². The molecule has 1 atom stereocenters. The molecular formula is C15H16N2O2. The summed E-state index contributed by atoms with van der Waals surface area (Å²) >= 11 is 0. The predicted octanol–water partition coefficient (Wildman–Crippen LogP) is 2.48. The van der Waals surface area contributed by atoms with Crippen molar-refractivity contribution in [1.82, 2.24) is 9.55 Å². The number of para-hydroxylation sites is 1. The van der Waals surface area contributed by atoms with Gasteiger partial charge in [-0.3, -0.25) is 4.79 Å². The summed E-state index contributed by atoms with van der Waals surface area (Å²) in [5.41, 5.74) is 1.09. The monoisotopic (exact) mass is 256 g/mol. The van der Waals surface area contributed by atoms with Crippen molar-refractivity contribution in [2.75, 3.05) is 0 Å². The first-order chi connectivity index (χ1) is 9.29. The zero-order chi connectivity index (χ0) is 13.2. The quantitative estimate of drug-likeness (QED) is 0.789. The second-order valence-electron chi connectivity index (χ2n) is 4.73. The molecule has 0 fully saturated rings. The fraction of sp³-hybridized carbons (Fsp3) is 0.333. The maximum Gasteiger partial charge on any atom is 0.238 e. The molecule has 2 heterocycles. The Morgan fingerprint density at radius 2 is 2.32 bits per heavy atom. The maximum atomic E-state index is 12.5. The Morgan fingerprint density at radius 3 is 3.11 bits per heavy atom. The van der Waals surface area contributed by atoms with Gasteiger partial charge < -0.3 is 9.30 Å². The van der Waals surface area contributed by atoms with Gasteiger partial charge in [-0.2, -0.15) is 0 Å². The van der Waals surface area contributed by atoms with Crippen LogP contribution in [0.4, 0.5) is 0 Å². The second-order valence-corrected chi connectivity index (χ2v) is 4.73. The number of carbonyl (C=O) groups excluding carboxylic acids is 1. The number of rotatable bonds is 4. The third kappa shape index (κ3) is 2.14. The molecule has 1 aliphatic rings. The molecule has 4 nitrogen and oxygen atoms in total. The highest BCUT2D eigenvalue weighted by molar-refractivity contribution is 5.97. The molecule has 0 saturated heterocycles. The first kappa shape index (κ1) is 12.0. The summed E-state index contributed by atoms with van der Waals surface area (Å²) in [5, 5.41) is 0. The summed E-state index contributed by atoms with van der Waals surface area (Å²) in [5.74, 6) is 1.28. The molecule has 0 bridgehead atoms. The molecule has 98 valence electrons. The molecule has 1 aromatic carbocycles. The van der Waals surface area contributed by atoms with E-state index in [1.54, 1.807) is 6.20 Å². The normalized spacial score (nSPS) is 17.0. The first-order valence-electron chi connectivity index (χ1n) is 6.59. The molecule has 0 spiro atoms. The number of carbonyl (C=O) groups is 1. The van der Waals surface area contributed by atoms with Crippen LogP contribution in [0.1, 0.15) is 29.5 Å². The fourth-order valence-corrected chi connectivity index (χ4v) is 2.43. The number of nitrogens with zero attached hydrogens (tertiary/aromatic N) is 2. The number of fused-ring (bicyclic) bond motifs is 1. The van der Waals surface area contributed by atoms with E-state index in [2.05, 4.69) is 11.9 Å². The maximum absolute atomic E-state index is 12.5. The predicted molar refractivity (Wildman–Crippen MR) is 71.4 cm³/mol. The number of hydrogen-bond donors (Lipinski definition) is 0. The van der Waals surface area contributed by atoms with Crippen LogP contribution in [0.5, 0.6) is 5.75 Å². The minimum atomic E-state index is -0.435. The van der Waals surface area contributed by atoms with Crippen LogP contribution >= 0.6 is 0 Å². The van der Waals surface area contributed by atoms with Crippen molar-refractivity contribution >= 4 is 5.78 Å². The van der Waals surface area contributed by atoms with E-state index in [1.807, 2.05) is 35.0 Å². The molecule has 19 heavy (non-hydrogen) atoms. The van der Waals surface area contributed by atoms with E-state index in [9.17, 15) is 4.79 Å². The van der Waals surface area contributed by atoms with Gasteiger partial charge in [-0.1, -0.05) is 25.1 Å². The lowest BCUT2D eigenvalue weighted by atomic mass is 10.1. The van der Waals surface area contributed by atoms with E-state index < -0.39 is 6.10 Å². The number of aromatic nitrogens is 2. The Bertz CT molecular complexity index is 579. The summed E-state index contributed by atoms with van der Waals surface area (Å²) in [4.78, 5) is 16.6. The highest BCUT2D eigenvalue weighted by Crippen LogP contribution is 2.29. The zero-order valence-electron chi connectivity index (χ0n) is 10.9. The topological polar surface area (TPSA) is 44.1 Å². The molecule has 1 unspecified atom stereocenters. The zero-order valence-corrected chi connectivity index (χ0v) is 10.9. The van der Waals surface area contributed by atoms with Gasteiger partial charge in [-0.25, -0.2) is 4.98 Å². The van der Waals surface area contributed by atoms with Gasteiger partial charge >= 0.3 is 0 Å². The Hall–Kier alpha value is -2.10. The molecule has 0 radical (unpaired) electrons. The minimum Gasteiger partial charge on any atom is -0.481 e. The molecule has 3 rings (SSSR count). The van der Waals surface area contributed by atoms with Crippen LogP contribution in [0.2, 0.25) is 0 Å². The van der Waals surface area contributed by atoms with Gasteiger partial charge in [-0.15, -0.1) is 0 Å². The third-order valence-corrected chi connectivity index (χ3v) is 3.34. The van der Waals surface area contributed by atoms with Crippen LogP contribution in [0, 0.1) is 0 Å². The molecule has 2 aromatic rings. The van der Waals surface area contributed by atoms with Crippen molar-refractivity contribution in [3.63, 3.8) is 0 Å². The van der Waals surface area contributed by atoms with Crippen LogP contribution in [0.3, 0.4) is 0 Å². The van der Waals surface area contributed by atoms with Crippen LogP contribution in [-0.2, 0) is 13.0 Å².